The highest BCUT2D eigenvalue weighted by molar-refractivity contribution is 6.33. The number of rotatable bonds is 5. The van der Waals surface area contributed by atoms with Gasteiger partial charge in [-0.2, -0.15) is 0 Å². The molecule has 6 heteroatoms. The number of halogens is 1. The predicted octanol–water partition coefficient (Wildman–Crippen LogP) is 2.06. The largest absolute Gasteiger partial charge is 0.396 e. The Labute approximate surface area is 144 Å². The van der Waals surface area contributed by atoms with E-state index in [0.29, 0.717) is 6.54 Å². The summed E-state index contributed by atoms with van der Waals surface area (Å²) in [6.45, 7) is 9.39. The van der Waals surface area contributed by atoms with Crippen LogP contribution in [0.25, 0.3) is 0 Å². The number of benzene rings is 1. The van der Waals surface area contributed by atoms with Gasteiger partial charge in [0.1, 0.15) is 0 Å². The van der Waals surface area contributed by atoms with Crippen molar-refractivity contribution < 1.29 is 5.11 Å². The summed E-state index contributed by atoms with van der Waals surface area (Å²) in [5.41, 5.74) is 1.10. The fourth-order valence-corrected chi connectivity index (χ4v) is 2.85. The van der Waals surface area contributed by atoms with E-state index in [1.807, 2.05) is 25.1 Å². The molecule has 1 fully saturated rings. The summed E-state index contributed by atoms with van der Waals surface area (Å²) in [6, 6.07) is 7.99. The average molecular weight is 339 g/mol. The van der Waals surface area contributed by atoms with Crippen molar-refractivity contribution in [1.29, 1.82) is 0 Å². The summed E-state index contributed by atoms with van der Waals surface area (Å²) in [7, 11) is 0. The molecule has 0 amide bonds. The number of hydrogen-bond donors (Lipinski definition) is 2. The predicted molar refractivity (Wildman–Crippen MR) is 97.5 cm³/mol. The standard InChI is InChI=1S/C17H27ClN4O/c1-3-19-17(20-12-14(2)13-23)22-10-8-21(9-11-22)16-7-5-4-6-15(16)18/h4-7,14,23H,3,8-13H2,1-2H3,(H,19,20). The first kappa shape index (κ1) is 17.9. The van der Waals surface area contributed by atoms with Gasteiger partial charge in [-0.05, 0) is 25.0 Å². The molecule has 1 unspecified atom stereocenters. The van der Waals surface area contributed by atoms with E-state index in [1.165, 1.54) is 0 Å². The normalized spacial score (nSPS) is 17.3. The maximum Gasteiger partial charge on any atom is 0.194 e. The van der Waals surface area contributed by atoms with Gasteiger partial charge in [-0.3, -0.25) is 4.99 Å². The zero-order valence-corrected chi connectivity index (χ0v) is 14.8. The van der Waals surface area contributed by atoms with E-state index >= 15 is 0 Å². The van der Waals surface area contributed by atoms with Gasteiger partial charge < -0.3 is 20.2 Å². The summed E-state index contributed by atoms with van der Waals surface area (Å²) in [4.78, 5) is 9.25. The molecule has 1 heterocycles. The topological polar surface area (TPSA) is 51.1 Å². The zero-order valence-electron chi connectivity index (χ0n) is 14.0. The number of aliphatic hydroxyl groups excluding tert-OH is 1. The second-order valence-electron chi connectivity index (χ2n) is 5.91. The molecule has 23 heavy (non-hydrogen) atoms. The molecule has 0 aromatic heterocycles. The number of nitrogens with zero attached hydrogens (tertiary/aromatic N) is 3. The number of aliphatic hydroxyl groups is 1. The van der Waals surface area contributed by atoms with Gasteiger partial charge >= 0.3 is 0 Å². The van der Waals surface area contributed by atoms with Crippen LogP contribution in [-0.4, -0.2) is 61.8 Å². The fraction of sp³-hybridized carbons (Fsp3) is 0.588. The monoisotopic (exact) mass is 338 g/mol. The van der Waals surface area contributed by atoms with Gasteiger partial charge in [0, 0.05) is 45.9 Å². The number of aliphatic imine (C=N–C) groups is 1. The molecule has 2 N–H and O–H groups in total. The van der Waals surface area contributed by atoms with E-state index in [-0.39, 0.29) is 12.5 Å². The molecule has 1 aliphatic rings. The lowest BCUT2D eigenvalue weighted by molar-refractivity contribution is 0.241. The van der Waals surface area contributed by atoms with Crippen LogP contribution < -0.4 is 10.2 Å². The van der Waals surface area contributed by atoms with E-state index in [1.54, 1.807) is 0 Å². The number of hydrogen-bond acceptors (Lipinski definition) is 3. The van der Waals surface area contributed by atoms with E-state index in [0.717, 1.165) is 49.4 Å². The van der Waals surface area contributed by atoms with E-state index in [2.05, 4.69) is 33.1 Å². The van der Waals surface area contributed by atoms with E-state index in [9.17, 15) is 0 Å². The molecular weight excluding hydrogens is 312 g/mol. The summed E-state index contributed by atoms with van der Waals surface area (Å²) in [5, 5.41) is 13.3. The van der Waals surface area contributed by atoms with Gasteiger partial charge in [-0.25, -0.2) is 0 Å². The number of guanidine groups is 1. The third-order valence-electron chi connectivity index (χ3n) is 3.97. The highest BCUT2D eigenvalue weighted by Crippen LogP contribution is 2.25. The molecule has 1 aromatic carbocycles. The van der Waals surface area contributed by atoms with Crippen molar-refractivity contribution in [2.24, 2.45) is 10.9 Å². The summed E-state index contributed by atoms with van der Waals surface area (Å²) >= 11 is 6.29. The van der Waals surface area contributed by atoms with Crippen molar-refractivity contribution in [3.8, 4) is 0 Å². The van der Waals surface area contributed by atoms with Crippen LogP contribution in [0.3, 0.4) is 0 Å². The Bertz CT molecular complexity index is 515. The van der Waals surface area contributed by atoms with E-state index < -0.39 is 0 Å². The molecule has 0 bridgehead atoms. The minimum atomic E-state index is 0.170. The third kappa shape index (κ3) is 5.01. The minimum Gasteiger partial charge on any atom is -0.396 e. The lowest BCUT2D eigenvalue weighted by atomic mass is 10.2. The highest BCUT2D eigenvalue weighted by Gasteiger charge is 2.21. The second kappa shape index (κ2) is 8.99. The average Bonchev–Trinajstić information content (AvgIpc) is 2.59. The van der Waals surface area contributed by atoms with Crippen LogP contribution in [0.5, 0.6) is 0 Å². The summed E-state index contributed by atoms with van der Waals surface area (Å²) in [5.74, 6) is 1.12. The summed E-state index contributed by atoms with van der Waals surface area (Å²) < 4.78 is 0. The summed E-state index contributed by atoms with van der Waals surface area (Å²) in [6.07, 6.45) is 0. The Balaban J connectivity index is 1.97. The molecule has 0 spiro atoms. The van der Waals surface area contributed by atoms with Gasteiger partial charge in [-0.1, -0.05) is 30.7 Å². The lowest BCUT2D eigenvalue weighted by Gasteiger charge is -2.38. The SMILES string of the molecule is CCNC(=NCC(C)CO)N1CCN(c2ccccc2Cl)CC1. The Morgan fingerprint density at radius 1 is 1.30 bits per heavy atom. The molecular formula is C17H27ClN4O. The zero-order chi connectivity index (χ0) is 16.7. The van der Waals surface area contributed by atoms with Gasteiger partial charge in [0.25, 0.3) is 0 Å². The molecule has 2 rings (SSSR count). The van der Waals surface area contributed by atoms with Crippen LogP contribution in [0.15, 0.2) is 29.3 Å². The van der Waals surface area contributed by atoms with Crippen molar-refractivity contribution in [3.63, 3.8) is 0 Å². The molecule has 0 saturated carbocycles. The quantitative estimate of drug-likeness (QED) is 0.637. The molecule has 1 aromatic rings. The molecule has 128 valence electrons. The maximum atomic E-state index is 9.15. The first-order valence-corrected chi connectivity index (χ1v) is 8.67. The van der Waals surface area contributed by atoms with Crippen molar-refractivity contribution in [3.05, 3.63) is 29.3 Å². The maximum absolute atomic E-state index is 9.15. The van der Waals surface area contributed by atoms with Gasteiger partial charge in [0.05, 0.1) is 10.7 Å². The first-order valence-electron chi connectivity index (χ1n) is 8.29. The Hall–Kier alpha value is -1.46. The number of anilines is 1. The van der Waals surface area contributed by atoms with Crippen LogP contribution >= 0.6 is 11.6 Å². The van der Waals surface area contributed by atoms with Crippen molar-refractivity contribution in [1.82, 2.24) is 10.2 Å². The number of para-hydroxylation sites is 1. The highest BCUT2D eigenvalue weighted by atomic mass is 35.5. The van der Waals surface area contributed by atoms with Crippen molar-refractivity contribution in [2.75, 3.05) is 50.8 Å². The second-order valence-corrected chi connectivity index (χ2v) is 6.32. The van der Waals surface area contributed by atoms with E-state index in [4.69, 9.17) is 16.7 Å². The Morgan fingerprint density at radius 2 is 2.00 bits per heavy atom. The van der Waals surface area contributed by atoms with Crippen LogP contribution in [0.4, 0.5) is 5.69 Å². The molecule has 1 saturated heterocycles. The van der Waals surface area contributed by atoms with Gasteiger partial charge in [-0.15, -0.1) is 0 Å². The molecule has 0 aliphatic carbocycles. The lowest BCUT2D eigenvalue weighted by Crippen LogP contribution is -2.52. The third-order valence-corrected chi connectivity index (χ3v) is 4.29. The minimum absolute atomic E-state index is 0.170. The smallest absolute Gasteiger partial charge is 0.194 e. The fourth-order valence-electron chi connectivity index (χ4n) is 2.59. The number of nitrogens with one attached hydrogen (secondary N) is 1. The molecule has 5 nitrogen and oxygen atoms in total. The van der Waals surface area contributed by atoms with Crippen LogP contribution in [0, 0.1) is 5.92 Å². The Morgan fingerprint density at radius 3 is 2.61 bits per heavy atom. The van der Waals surface area contributed by atoms with Crippen molar-refractivity contribution >= 4 is 23.2 Å². The number of piperazine rings is 1. The van der Waals surface area contributed by atoms with Gasteiger partial charge in [0.15, 0.2) is 5.96 Å². The molecule has 0 radical (unpaired) electrons. The molecule has 1 atom stereocenters. The first-order chi connectivity index (χ1) is 11.2. The van der Waals surface area contributed by atoms with Crippen LogP contribution in [0.2, 0.25) is 5.02 Å². The Kier molecular flexibility index (Phi) is 6.99. The molecule has 1 aliphatic heterocycles. The van der Waals surface area contributed by atoms with Gasteiger partial charge in [0.2, 0.25) is 0 Å². The van der Waals surface area contributed by atoms with Crippen LogP contribution in [-0.2, 0) is 0 Å². The van der Waals surface area contributed by atoms with Crippen molar-refractivity contribution in [2.45, 2.75) is 13.8 Å². The van der Waals surface area contributed by atoms with Crippen LogP contribution in [0.1, 0.15) is 13.8 Å².